The van der Waals surface area contributed by atoms with Gasteiger partial charge >= 0.3 is 18.0 Å². The highest BCUT2D eigenvalue weighted by Crippen LogP contribution is 2.30. The van der Waals surface area contributed by atoms with Crippen molar-refractivity contribution in [2.75, 3.05) is 19.7 Å². The van der Waals surface area contributed by atoms with Gasteiger partial charge in [0.25, 0.3) is 0 Å². The Bertz CT molecular complexity index is 436. The molecule has 1 heterocycles. The van der Waals surface area contributed by atoms with Gasteiger partial charge in [-0.3, -0.25) is 4.79 Å². The van der Waals surface area contributed by atoms with E-state index in [9.17, 15) is 19.5 Å². The Morgan fingerprint density at radius 1 is 1.33 bits per heavy atom. The van der Waals surface area contributed by atoms with E-state index in [0.29, 0.717) is 0 Å². The molecule has 1 aliphatic heterocycles. The number of aliphatic hydroxyl groups excluding tert-OH is 1. The van der Waals surface area contributed by atoms with Crippen LogP contribution in [0.15, 0.2) is 0 Å². The van der Waals surface area contributed by atoms with Crippen LogP contribution in [0.5, 0.6) is 0 Å². The van der Waals surface area contributed by atoms with E-state index in [4.69, 9.17) is 9.84 Å². The lowest BCUT2D eigenvalue weighted by atomic mass is 10.2. The molecule has 1 saturated carbocycles. The molecule has 8 heteroatoms. The van der Waals surface area contributed by atoms with Gasteiger partial charge < -0.3 is 24.7 Å². The van der Waals surface area contributed by atoms with Crippen LogP contribution >= 0.6 is 0 Å². The van der Waals surface area contributed by atoms with Gasteiger partial charge in [-0.25, -0.2) is 9.59 Å². The van der Waals surface area contributed by atoms with E-state index >= 15 is 0 Å². The molecule has 0 spiro atoms. The zero-order chi connectivity index (χ0) is 15.6. The van der Waals surface area contributed by atoms with Crippen molar-refractivity contribution in [3.63, 3.8) is 0 Å². The number of esters is 1. The van der Waals surface area contributed by atoms with E-state index in [-0.39, 0.29) is 32.2 Å². The fourth-order valence-corrected chi connectivity index (χ4v) is 2.51. The number of rotatable bonds is 5. The molecule has 2 amide bonds. The molecule has 2 aliphatic rings. The highest BCUT2D eigenvalue weighted by atomic mass is 16.5. The lowest BCUT2D eigenvalue weighted by Gasteiger charge is -2.29. The maximum Gasteiger partial charge on any atom is 0.326 e. The van der Waals surface area contributed by atoms with Gasteiger partial charge in [-0.2, -0.15) is 0 Å². The van der Waals surface area contributed by atoms with Crippen LogP contribution in [-0.2, 0) is 14.3 Å². The molecule has 0 unspecified atom stereocenters. The highest BCUT2D eigenvalue weighted by Gasteiger charge is 2.44. The zero-order valence-corrected chi connectivity index (χ0v) is 11.9. The Morgan fingerprint density at radius 3 is 2.52 bits per heavy atom. The van der Waals surface area contributed by atoms with E-state index in [2.05, 4.69) is 0 Å². The number of carbonyl (C=O) groups is 3. The molecule has 21 heavy (non-hydrogen) atoms. The fraction of sp³-hybridized carbons (Fsp3) is 0.769. The minimum absolute atomic E-state index is 0.0129. The molecular weight excluding hydrogens is 280 g/mol. The molecule has 0 aromatic heterocycles. The first kappa shape index (κ1) is 15.6. The van der Waals surface area contributed by atoms with Gasteiger partial charge in [-0.15, -0.1) is 0 Å². The number of likely N-dealkylation sites (tertiary alicyclic amines) is 1. The topological polar surface area (TPSA) is 107 Å². The first-order valence-electron chi connectivity index (χ1n) is 7.07. The maximum absolute atomic E-state index is 12.5. The molecule has 0 radical (unpaired) electrons. The predicted molar refractivity (Wildman–Crippen MR) is 70.5 cm³/mol. The molecule has 2 fully saturated rings. The molecule has 0 bridgehead atoms. The highest BCUT2D eigenvalue weighted by molar-refractivity contribution is 5.86. The lowest BCUT2D eigenvalue weighted by molar-refractivity contribution is -0.144. The van der Waals surface area contributed by atoms with Crippen molar-refractivity contribution in [2.45, 2.75) is 44.4 Å². The van der Waals surface area contributed by atoms with Crippen molar-refractivity contribution < 1.29 is 29.3 Å². The van der Waals surface area contributed by atoms with Gasteiger partial charge in [0.2, 0.25) is 0 Å². The number of carboxylic acid groups (broad SMARTS) is 1. The summed E-state index contributed by atoms with van der Waals surface area (Å²) < 4.78 is 4.84. The van der Waals surface area contributed by atoms with Crippen molar-refractivity contribution in [3.05, 3.63) is 0 Å². The third-order valence-electron chi connectivity index (χ3n) is 3.65. The van der Waals surface area contributed by atoms with Gasteiger partial charge in [0.1, 0.15) is 12.6 Å². The third kappa shape index (κ3) is 3.63. The molecule has 2 rings (SSSR count). The molecule has 1 saturated heterocycles. The van der Waals surface area contributed by atoms with Crippen LogP contribution in [0.4, 0.5) is 4.79 Å². The SMILES string of the molecule is CCOC(=O)CN(C(=O)N1C[C@H](O)C[C@H]1C(=O)O)C1CC1. The van der Waals surface area contributed by atoms with Crippen molar-refractivity contribution in [1.29, 1.82) is 0 Å². The number of β-amino-alcohol motifs (C(OH)–C–C–N with tert-alkyl or cyclic N) is 1. The summed E-state index contributed by atoms with van der Waals surface area (Å²) in [5.41, 5.74) is 0. The Hall–Kier alpha value is -1.83. The molecule has 2 N–H and O–H groups in total. The second-order valence-electron chi connectivity index (χ2n) is 5.34. The summed E-state index contributed by atoms with van der Waals surface area (Å²) in [4.78, 5) is 37.7. The number of nitrogens with zero attached hydrogens (tertiary/aromatic N) is 2. The third-order valence-corrected chi connectivity index (χ3v) is 3.65. The van der Waals surface area contributed by atoms with Crippen LogP contribution in [0.3, 0.4) is 0 Å². The van der Waals surface area contributed by atoms with E-state index in [1.165, 1.54) is 4.90 Å². The molecule has 2 atom stereocenters. The molecule has 8 nitrogen and oxygen atoms in total. The van der Waals surface area contributed by atoms with Crippen LogP contribution in [0.2, 0.25) is 0 Å². The van der Waals surface area contributed by atoms with Gasteiger partial charge in [0.15, 0.2) is 0 Å². The number of aliphatic carboxylic acids is 1. The Morgan fingerprint density at radius 2 is 2.00 bits per heavy atom. The first-order valence-corrected chi connectivity index (χ1v) is 7.07. The number of hydrogen-bond acceptors (Lipinski definition) is 5. The second kappa shape index (κ2) is 6.30. The number of ether oxygens (including phenoxy) is 1. The molecule has 1 aliphatic carbocycles. The van der Waals surface area contributed by atoms with Crippen molar-refractivity contribution in [2.24, 2.45) is 0 Å². The van der Waals surface area contributed by atoms with Gasteiger partial charge in [0, 0.05) is 19.0 Å². The first-order chi connectivity index (χ1) is 9.93. The number of aliphatic hydroxyl groups is 1. The van der Waals surface area contributed by atoms with Gasteiger partial charge in [-0.1, -0.05) is 0 Å². The van der Waals surface area contributed by atoms with E-state index in [1.807, 2.05) is 0 Å². The summed E-state index contributed by atoms with van der Waals surface area (Å²) >= 11 is 0. The monoisotopic (exact) mass is 300 g/mol. The Labute approximate surface area is 122 Å². The number of carbonyl (C=O) groups excluding carboxylic acids is 2. The van der Waals surface area contributed by atoms with Crippen LogP contribution in [0.1, 0.15) is 26.2 Å². The molecular formula is C13H20N2O6. The van der Waals surface area contributed by atoms with Gasteiger partial charge in [-0.05, 0) is 19.8 Å². The molecule has 0 aromatic rings. The minimum atomic E-state index is -1.15. The number of urea groups is 1. The van der Waals surface area contributed by atoms with Crippen LogP contribution in [-0.4, -0.2) is 75.9 Å². The summed E-state index contributed by atoms with van der Waals surface area (Å²) in [6.45, 7) is 1.70. The average molecular weight is 300 g/mol. The van der Waals surface area contributed by atoms with Crippen LogP contribution in [0, 0.1) is 0 Å². The lowest BCUT2D eigenvalue weighted by Crippen LogP contribution is -2.50. The summed E-state index contributed by atoms with van der Waals surface area (Å²) in [5.74, 6) is -1.66. The summed E-state index contributed by atoms with van der Waals surface area (Å²) in [6.07, 6.45) is 0.746. The second-order valence-corrected chi connectivity index (χ2v) is 5.34. The fourth-order valence-electron chi connectivity index (χ4n) is 2.51. The zero-order valence-electron chi connectivity index (χ0n) is 11.9. The summed E-state index contributed by atoms with van der Waals surface area (Å²) in [6, 6.07) is -1.61. The Balaban J connectivity index is 2.07. The normalized spacial score (nSPS) is 24.8. The van der Waals surface area contributed by atoms with E-state index in [1.54, 1.807) is 6.92 Å². The van der Waals surface area contributed by atoms with Crippen LogP contribution in [0.25, 0.3) is 0 Å². The maximum atomic E-state index is 12.5. The van der Waals surface area contributed by atoms with E-state index in [0.717, 1.165) is 17.7 Å². The Kier molecular flexibility index (Phi) is 4.66. The number of amides is 2. The van der Waals surface area contributed by atoms with Gasteiger partial charge in [0.05, 0.1) is 12.7 Å². The number of hydrogen-bond donors (Lipinski definition) is 2. The summed E-state index contributed by atoms with van der Waals surface area (Å²) in [7, 11) is 0. The van der Waals surface area contributed by atoms with Crippen molar-refractivity contribution in [3.8, 4) is 0 Å². The minimum Gasteiger partial charge on any atom is -0.480 e. The standard InChI is InChI=1S/C13H20N2O6/c1-2-21-11(17)7-14(8-3-4-8)13(20)15-6-9(16)5-10(15)12(18)19/h8-10,16H,2-7H2,1H3,(H,18,19)/t9-,10+/m1/s1. The molecule has 118 valence electrons. The predicted octanol–water partition coefficient (Wildman–Crippen LogP) is -0.346. The number of carboxylic acids is 1. The van der Waals surface area contributed by atoms with Crippen molar-refractivity contribution >= 4 is 18.0 Å². The average Bonchev–Trinajstić information content (AvgIpc) is 3.17. The van der Waals surface area contributed by atoms with Crippen molar-refractivity contribution in [1.82, 2.24) is 9.80 Å². The van der Waals surface area contributed by atoms with E-state index < -0.39 is 30.1 Å². The largest absolute Gasteiger partial charge is 0.480 e. The quantitative estimate of drug-likeness (QED) is 0.672. The molecule has 0 aromatic carbocycles. The smallest absolute Gasteiger partial charge is 0.326 e. The summed E-state index contributed by atoms with van der Waals surface area (Å²) in [5, 5.41) is 18.7. The van der Waals surface area contributed by atoms with Crippen LogP contribution < -0.4 is 0 Å².